The van der Waals surface area contributed by atoms with Gasteiger partial charge in [0.1, 0.15) is 5.75 Å². The quantitative estimate of drug-likeness (QED) is 0.769. The molecule has 2 N–H and O–H groups in total. The molecule has 0 aliphatic heterocycles. The summed E-state index contributed by atoms with van der Waals surface area (Å²) in [6.45, 7) is 1.31. The van der Waals surface area contributed by atoms with E-state index in [1.807, 2.05) is 0 Å². The minimum Gasteiger partial charge on any atom is -0.508 e. The smallest absolute Gasteiger partial charge is 0.379 e. The largest absolute Gasteiger partial charge is 0.508 e. The Bertz CT molecular complexity index is 374. The summed E-state index contributed by atoms with van der Waals surface area (Å²) >= 11 is 0. The van der Waals surface area contributed by atoms with Crippen molar-refractivity contribution in [2.45, 2.75) is 12.8 Å². The first-order chi connectivity index (χ1) is 6.35. The molecule has 0 spiro atoms. The molecule has 0 heterocycles. The Morgan fingerprint density at radius 2 is 2.00 bits per heavy atom. The van der Waals surface area contributed by atoms with Crippen LogP contribution in [0.2, 0.25) is 0 Å². The molecule has 5 heteroatoms. The summed E-state index contributed by atoms with van der Waals surface area (Å²) in [5.74, 6) is -6.30. The van der Waals surface area contributed by atoms with Gasteiger partial charge in [0, 0.05) is 5.56 Å². The molecular weight excluding hydrogens is 194 g/mol. The normalized spacial score (nSPS) is 11.4. The second-order valence-electron chi connectivity index (χ2n) is 2.88. The van der Waals surface area contributed by atoms with E-state index >= 15 is 0 Å². The molecule has 0 atom stereocenters. The van der Waals surface area contributed by atoms with Crippen LogP contribution >= 0.6 is 0 Å². The average molecular weight is 202 g/mol. The second kappa shape index (κ2) is 3.25. The monoisotopic (exact) mass is 202 g/mol. The van der Waals surface area contributed by atoms with Crippen LogP contribution in [0, 0.1) is 6.92 Å². The van der Waals surface area contributed by atoms with Crippen molar-refractivity contribution in [1.29, 1.82) is 0 Å². The van der Waals surface area contributed by atoms with Crippen LogP contribution in [0.3, 0.4) is 0 Å². The maximum atomic E-state index is 13.0. The van der Waals surface area contributed by atoms with Gasteiger partial charge in [-0.25, -0.2) is 4.79 Å². The number of benzene rings is 1. The number of aromatic hydroxyl groups is 1. The molecule has 0 bridgehead atoms. The van der Waals surface area contributed by atoms with Crippen LogP contribution in [0.1, 0.15) is 11.1 Å². The van der Waals surface area contributed by atoms with E-state index in [0.717, 1.165) is 18.2 Å². The fraction of sp³-hybridized carbons (Fsp3) is 0.222. The molecule has 3 nitrogen and oxygen atoms in total. The summed E-state index contributed by atoms with van der Waals surface area (Å²) in [5.41, 5.74) is -0.569. The van der Waals surface area contributed by atoms with Crippen LogP contribution in [-0.2, 0) is 10.7 Å². The third-order valence-corrected chi connectivity index (χ3v) is 1.82. The lowest BCUT2D eigenvalue weighted by molar-refractivity contribution is -0.166. The van der Waals surface area contributed by atoms with Gasteiger partial charge in [0.25, 0.3) is 0 Å². The molecule has 1 aromatic rings. The van der Waals surface area contributed by atoms with Crippen LogP contribution in [-0.4, -0.2) is 16.2 Å². The van der Waals surface area contributed by atoms with Crippen LogP contribution in [0.5, 0.6) is 5.75 Å². The summed E-state index contributed by atoms with van der Waals surface area (Å²) in [6, 6.07) is 3.02. The standard InChI is InChI=1S/C9H8F2O3/c1-5-4-6(12)2-3-7(5)9(10,11)8(13)14/h2-4,12H,1H3,(H,13,14). The van der Waals surface area contributed by atoms with Crippen molar-refractivity contribution in [2.75, 3.05) is 0 Å². The van der Waals surface area contributed by atoms with Gasteiger partial charge in [-0.3, -0.25) is 0 Å². The highest BCUT2D eigenvalue weighted by molar-refractivity contribution is 5.77. The molecule has 0 fully saturated rings. The highest BCUT2D eigenvalue weighted by atomic mass is 19.3. The number of rotatable bonds is 2. The Kier molecular flexibility index (Phi) is 2.42. The van der Waals surface area contributed by atoms with Gasteiger partial charge in [-0.1, -0.05) is 0 Å². The zero-order chi connectivity index (χ0) is 10.9. The molecule has 76 valence electrons. The Balaban J connectivity index is 3.26. The summed E-state index contributed by atoms with van der Waals surface area (Å²) in [4.78, 5) is 10.2. The van der Waals surface area contributed by atoms with E-state index in [1.54, 1.807) is 0 Å². The number of carbonyl (C=O) groups is 1. The van der Waals surface area contributed by atoms with Crippen molar-refractivity contribution in [3.05, 3.63) is 29.3 Å². The average Bonchev–Trinajstić information content (AvgIpc) is 2.02. The van der Waals surface area contributed by atoms with Crippen molar-refractivity contribution >= 4 is 5.97 Å². The van der Waals surface area contributed by atoms with Gasteiger partial charge in [0.2, 0.25) is 0 Å². The molecule has 0 aromatic heterocycles. The van der Waals surface area contributed by atoms with E-state index in [2.05, 4.69) is 0 Å². The van der Waals surface area contributed by atoms with E-state index in [4.69, 9.17) is 10.2 Å². The number of carboxylic acid groups (broad SMARTS) is 1. The Morgan fingerprint density at radius 3 is 2.43 bits per heavy atom. The number of alkyl halides is 2. The first-order valence-electron chi connectivity index (χ1n) is 3.77. The number of halogens is 2. The molecular formula is C9H8F2O3. The van der Waals surface area contributed by atoms with E-state index in [-0.39, 0.29) is 11.3 Å². The molecule has 0 aliphatic carbocycles. The molecule has 1 aromatic carbocycles. The molecule has 0 amide bonds. The lowest BCUT2D eigenvalue weighted by atomic mass is 10.0. The van der Waals surface area contributed by atoms with E-state index in [9.17, 15) is 13.6 Å². The van der Waals surface area contributed by atoms with Crippen LogP contribution in [0.15, 0.2) is 18.2 Å². The Labute approximate surface area is 78.6 Å². The van der Waals surface area contributed by atoms with Crippen molar-refractivity contribution in [3.8, 4) is 5.75 Å². The highest BCUT2D eigenvalue weighted by Gasteiger charge is 2.42. The molecule has 0 saturated carbocycles. The molecule has 0 saturated heterocycles. The summed E-state index contributed by atoms with van der Waals surface area (Å²) < 4.78 is 26.0. The minimum atomic E-state index is -3.92. The zero-order valence-electron chi connectivity index (χ0n) is 7.29. The summed E-state index contributed by atoms with van der Waals surface area (Å²) in [5, 5.41) is 17.2. The predicted octanol–water partition coefficient (Wildman–Crippen LogP) is 1.88. The molecule has 14 heavy (non-hydrogen) atoms. The van der Waals surface area contributed by atoms with Gasteiger partial charge < -0.3 is 10.2 Å². The van der Waals surface area contributed by atoms with Gasteiger partial charge in [0.15, 0.2) is 0 Å². The third kappa shape index (κ3) is 1.66. The zero-order valence-corrected chi connectivity index (χ0v) is 7.29. The third-order valence-electron chi connectivity index (χ3n) is 1.82. The molecule has 1 rings (SSSR count). The lowest BCUT2D eigenvalue weighted by Crippen LogP contribution is -2.26. The maximum Gasteiger partial charge on any atom is 0.379 e. The highest BCUT2D eigenvalue weighted by Crippen LogP contribution is 2.32. The number of hydrogen-bond acceptors (Lipinski definition) is 2. The van der Waals surface area contributed by atoms with Gasteiger partial charge >= 0.3 is 11.9 Å². The van der Waals surface area contributed by atoms with Crippen molar-refractivity contribution in [3.63, 3.8) is 0 Å². The van der Waals surface area contributed by atoms with Gasteiger partial charge in [0.05, 0.1) is 0 Å². The second-order valence-corrected chi connectivity index (χ2v) is 2.88. The number of aryl methyl sites for hydroxylation is 1. The SMILES string of the molecule is Cc1cc(O)ccc1C(F)(F)C(=O)O. The maximum absolute atomic E-state index is 13.0. The van der Waals surface area contributed by atoms with Crippen LogP contribution in [0.4, 0.5) is 8.78 Å². The molecule has 0 unspecified atom stereocenters. The number of carboxylic acids is 1. The first kappa shape index (κ1) is 10.4. The van der Waals surface area contributed by atoms with E-state index in [0.29, 0.717) is 0 Å². The van der Waals surface area contributed by atoms with Gasteiger partial charge in [-0.2, -0.15) is 8.78 Å². The first-order valence-corrected chi connectivity index (χ1v) is 3.77. The van der Waals surface area contributed by atoms with Crippen molar-refractivity contribution < 1.29 is 23.8 Å². The van der Waals surface area contributed by atoms with Crippen molar-refractivity contribution in [2.24, 2.45) is 0 Å². The number of hydrogen-bond donors (Lipinski definition) is 2. The Morgan fingerprint density at radius 1 is 1.43 bits per heavy atom. The van der Waals surface area contributed by atoms with E-state index < -0.39 is 17.5 Å². The topological polar surface area (TPSA) is 57.5 Å². The summed E-state index contributed by atoms with van der Waals surface area (Å²) in [6.07, 6.45) is 0. The van der Waals surface area contributed by atoms with E-state index in [1.165, 1.54) is 6.92 Å². The van der Waals surface area contributed by atoms with Crippen LogP contribution < -0.4 is 0 Å². The Hall–Kier alpha value is -1.65. The fourth-order valence-corrected chi connectivity index (χ4v) is 1.12. The van der Waals surface area contributed by atoms with Crippen LogP contribution in [0.25, 0.3) is 0 Å². The lowest BCUT2D eigenvalue weighted by Gasteiger charge is -2.13. The summed E-state index contributed by atoms with van der Waals surface area (Å²) in [7, 11) is 0. The molecule has 0 radical (unpaired) electrons. The number of phenolic OH excluding ortho intramolecular Hbond substituents is 1. The van der Waals surface area contributed by atoms with Gasteiger partial charge in [-0.15, -0.1) is 0 Å². The number of phenols is 1. The van der Waals surface area contributed by atoms with Gasteiger partial charge in [-0.05, 0) is 30.7 Å². The predicted molar refractivity (Wildman–Crippen MR) is 44.4 cm³/mol. The van der Waals surface area contributed by atoms with Crippen molar-refractivity contribution in [1.82, 2.24) is 0 Å². The molecule has 0 aliphatic rings. The minimum absolute atomic E-state index is 0.0393. The number of aliphatic carboxylic acids is 1. The fourth-order valence-electron chi connectivity index (χ4n) is 1.12.